The second-order valence-electron chi connectivity index (χ2n) is 2.52. The highest BCUT2D eigenvalue weighted by Gasteiger charge is 1.88. The highest BCUT2D eigenvalue weighted by atomic mass is 32.1. The summed E-state index contributed by atoms with van der Waals surface area (Å²) in [5.74, 6) is 6.73. The Morgan fingerprint density at radius 1 is 1.31 bits per heavy atom. The summed E-state index contributed by atoms with van der Waals surface area (Å²) in [5.41, 5.74) is 1.62. The SMILES string of the molecule is O=Cc1ccc(C#CCCS)cc1. The molecule has 0 heterocycles. The van der Waals surface area contributed by atoms with E-state index in [9.17, 15) is 4.79 Å². The average molecular weight is 190 g/mol. The van der Waals surface area contributed by atoms with Crippen LogP contribution in [0.25, 0.3) is 0 Å². The van der Waals surface area contributed by atoms with Crippen molar-refractivity contribution in [3.05, 3.63) is 35.4 Å². The minimum atomic E-state index is 0.680. The zero-order chi connectivity index (χ0) is 9.52. The molecule has 0 aromatic heterocycles. The summed E-state index contributed by atoms with van der Waals surface area (Å²) >= 11 is 4.05. The Balaban J connectivity index is 2.71. The summed E-state index contributed by atoms with van der Waals surface area (Å²) in [6.45, 7) is 0. The maximum Gasteiger partial charge on any atom is 0.150 e. The molecule has 0 aliphatic heterocycles. The number of carbonyl (C=O) groups excluding carboxylic acids is 1. The fourth-order valence-corrected chi connectivity index (χ4v) is 0.977. The van der Waals surface area contributed by atoms with Gasteiger partial charge in [0, 0.05) is 23.3 Å². The Hall–Kier alpha value is -1.20. The van der Waals surface area contributed by atoms with E-state index in [0.29, 0.717) is 5.56 Å². The van der Waals surface area contributed by atoms with Gasteiger partial charge in [-0.15, -0.1) is 0 Å². The van der Waals surface area contributed by atoms with Gasteiger partial charge in [-0.3, -0.25) is 4.79 Å². The van der Waals surface area contributed by atoms with Gasteiger partial charge in [-0.2, -0.15) is 12.6 Å². The van der Waals surface area contributed by atoms with Crippen LogP contribution in [0.3, 0.4) is 0 Å². The van der Waals surface area contributed by atoms with Crippen LogP contribution in [0.15, 0.2) is 24.3 Å². The van der Waals surface area contributed by atoms with Crippen molar-refractivity contribution in [3.8, 4) is 11.8 Å². The van der Waals surface area contributed by atoms with Crippen LogP contribution >= 0.6 is 12.6 Å². The fraction of sp³-hybridized carbons (Fsp3) is 0.182. The monoisotopic (exact) mass is 190 g/mol. The first kappa shape index (κ1) is 9.88. The van der Waals surface area contributed by atoms with Gasteiger partial charge >= 0.3 is 0 Å². The molecule has 0 saturated heterocycles. The first-order valence-corrected chi connectivity index (χ1v) is 4.65. The van der Waals surface area contributed by atoms with Gasteiger partial charge in [0.15, 0.2) is 0 Å². The molecule has 13 heavy (non-hydrogen) atoms. The van der Waals surface area contributed by atoms with Crippen LogP contribution in [-0.4, -0.2) is 12.0 Å². The van der Waals surface area contributed by atoms with E-state index in [1.54, 1.807) is 12.1 Å². The Kier molecular flexibility index (Phi) is 4.14. The second-order valence-corrected chi connectivity index (χ2v) is 2.96. The Bertz CT molecular complexity index is 329. The van der Waals surface area contributed by atoms with Gasteiger partial charge in [-0.05, 0) is 12.1 Å². The largest absolute Gasteiger partial charge is 0.298 e. The van der Waals surface area contributed by atoms with E-state index in [-0.39, 0.29) is 0 Å². The van der Waals surface area contributed by atoms with Gasteiger partial charge in [0.2, 0.25) is 0 Å². The number of rotatable bonds is 2. The lowest BCUT2D eigenvalue weighted by atomic mass is 10.1. The van der Waals surface area contributed by atoms with E-state index in [4.69, 9.17) is 0 Å². The molecule has 1 aromatic rings. The number of thiol groups is 1. The van der Waals surface area contributed by atoms with Gasteiger partial charge < -0.3 is 0 Å². The maximum absolute atomic E-state index is 10.3. The molecular formula is C11H10OS. The van der Waals surface area contributed by atoms with Gasteiger partial charge in [-0.1, -0.05) is 24.0 Å². The van der Waals surface area contributed by atoms with Gasteiger partial charge in [0.05, 0.1) is 0 Å². The molecule has 0 aliphatic carbocycles. The van der Waals surface area contributed by atoms with Gasteiger partial charge in [-0.25, -0.2) is 0 Å². The van der Waals surface area contributed by atoms with Crippen LogP contribution < -0.4 is 0 Å². The third-order valence-electron chi connectivity index (χ3n) is 1.52. The topological polar surface area (TPSA) is 17.1 Å². The fourth-order valence-electron chi connectivity index (χ4n) is 0.865. The van der Waals surface area contributed by atoms with Crippen LogP contribution in [0.1, 0.15) is 22.3 Å². The summed E-state index contributed by atoms with van der Waals surface area (Å²) in [6.07, 6.45) is 1.61. The van der Waals surface area contributed by atoms with E-state index < -0.39 is 0 Å². The minimum absolute atomic E-state index is 0.680. The molecule has 0 radical (unpaired) electrons. The molecule has 1 rings (SSSR count). The number of aldehydes is 1. The van der Waals surface area contributed by atoms with E-state index in [2.05, 4.69) is 24.5 Å². The lowest BCUT2D eigenvalue weighted by Crippen LogP contribution is -1.79. The van der Waals surface area contributed by atoms with Crippen molar-refractivity contribution in [1.29, 1.82) is 0 Å². The molecule has 0 atom stereocenters. The number of benzene rings is 1. The second kappa shape index (κ2) is 5.45. The molecule has 0 aliphatic rings. The van der Waals surface area contributed by atoms with Crippen molar-refractivity contribution < 1.29 is 4.79 Å². The molecule has 0 amide bonds. The number of carbonyl (C=O) groups is 1. The molecule has 0 N–H and O–H groups in total. The van der Waals surface area contributed by atoms with Gasteiger partial charge in [0.25, 0.3) is 0 Å². The Morgan fingerprint density at radius 3 is 2.54 bits per heavy atom. The summed E-state index contributed by atoms with van der Waals surface area (Å²) in [5, 5.41) is 0. The minimum Gasteiger partial charge on any atom is -0.298 e. The zero-order valence-electron chi connectivity index (χ0n) is 7.16. The lowest BCUT2D eigenvalue weighted by molar-refractivity contribution is 0.112. The predicted molar refractivity (Wildman–Crippen MR) is 57.2 cm³/mol. The summed E-state index contributed by atoms with van der Waals surface area (Å²) < 4.78 is 0. The van der Waals surface area contributed by atoms with E-state index >= 15 is 0 Å². The Morgan fingerprint density at radius 2 is 2.00 bits per heavy atom. The van der Waals surface area contributed by atoms with Crippen molar-refractivity contribution in [2.75, 3.05) is 5.75 Å². The highest BCUT2D eigenvalue weighted by molar-refractivity contribution is 7.80. The van der Waals surface area contributed by atoms with Gasteiger partial charge in [0.1, 0.15) is 6.29 Å². The van der Waals surface area contributed by atoms with Crippen LogP contribution in [0.5, 0.6) is 0 Å². The van der Waals surface area contributed by atoms with Crippen molar-refractivity contribution in [2.24, 2.45) is 0 Å². The molecule has 0 spiro atoms. The van der Waals surface area contributed by atoms with E-state index in [0.717, 1.165) is 24.0 Å². The van der Waals surface area contributed by atoms with Crippen molar-refractivity contribution >= 4 is 18.9 Å². The number of hydrogen-bond acceptors (Lipinski definition) is 2. The predicted octanol–water partition coefficient (Wildman–Crippen LogP) is 2.17. The average Bonchev–Trinajstić information content (AvgIpc) is 2.19. The molecular weight excluding hydrogens is 180 g/mol. The Labute approximate surface area is 83.6 Å². The molecule has 0 fully saturated rings. The molecule has 66 valence electrons. The van der Waals surface area contributed by atoms with Crippen LogP contribution in [0.4, 0.5) is 0 Å². The van der Waals surface area contributed by atoms with Crippen molar-refractivity contribution in [2.45, 2.75) is 6.42 Å². The zero-order valence-corrected chi connectivity index (χ0v) is 8.05. The molecule has 1 aromatic carbocycles. The van der Waals surface area contributed by atoms with Crippen LogP contribution in [0, 0.1) is 11.8 Å². The third-order valence-corrected chi connectivity index (χ3v) is 1.74. The van der Waals surface area contributed by atoms with E-state index in [1.807, 2.05) is 12.1 Å². The van der Waals surface area contributed by atoms with E-state index in [1.165, 1.54) is 0 Å². The van der Waals surface area contributed by atoms with Crippen molar-refractivity contribution in [3.63, 3.8) is 0 Å². The van der Waals surface area contributed by atoms with Crippen LogP contribution in [0.2, 0.25) is 0 Å². The molecule has 0 bridgehead atoms. The highest BCUT2D eigenvalue weighted by Crippen LogP contribution is 2.00. The molecule has 0 unspecified atom stereocenters. The van der Waals surface area contributed by atoms with Crippen molar-refractivity contribution in [1.82, 2.24) is 0 Å². The molecule has 2 heteroatoms. The summed E-state index contributed by atoms with van der Waals surface area (Å²) in [7, 11) is 0. The summed E-state index contributed by atoms with van der Waals surface area (Å²) in [6, 6.07) is 7.21. The standard InChI is InChI=1S/C11H10OS/c12-9-11-6-4-10(5-7-11)3-1-2-8-13/h4-7,9,13H,2,8H2. The van der Waals surface area contributed by atoms with Crippen LogP contribution in [-0.2, 0) is 0 Å². The summed E-state index contributed by atoms with van der Waals surface area (Å²) in [4.78, 5) is 10.3. The normalized spacial score (nSPS) is 8.69. The lowest BCUT2D eigenvalue weighted by Gasteiger charge is -1.90. The first-order chi connectivity index (χ1) is 6.36. The smallest absolute Gasteiger partial charge is 0.150 e. The molecule has 1 nitrogen and oxygen atoms in total. The maximum atomic E-state index is 10.3. The quantitative estimate of drug-likeness (QED) is 0.429. The molecule has 0 saturated carbocycles. The first-order valence-electron chi connectivity index (χ1n) is 4.02. The number of hydrogen-bond donors (Lipinski definition) is 1. The third kappa shape index (κ3) is 3.35.